The van der Waals surface area contributed by atoms with Gasteiger partial charge in [-0.15, -0.1) is 0 Å². The average Bonchev–Trinajstić information content (AvgIpc) is 2.65. The van der Waals surface area contributed by atoms with Crippen molar-refractivity contribution in [3.63, 3.8) is 0 Å². The van der Waals surface area contributed by atoms with E-state index in [9.17, 15) is 0 Å². The van der Waals surface area contributed by atoms with Crippen LogP contribution in [0.25, 0.3) is 0 Å². The van der Waals surface area contributed by atoms with Crippen LogP contribution in [0, 0.1) is 0 Å². The first-order chi connectivity index (χ1) is 8.46. The fourth-order valence-corrected chi connectivity index (χ4v) is 2.35. The van der Waals surface area contributed by atoms with Crippen molar-refractivity contribution in [2.24, 2.45) is 5.73 Å². The van der Waals surface area contributed by atoms with Gasteiger partial charge >= 0.3 is 0 Å². The Kier molecular flexibility index (Phi) is 3.64. The maximum Gasteiger partial charge on any atom is 0.119 e. The molecule has 2 unspecified atom stereocenters. The summed E-state index contributed by atoms with van der Waals surface area (Å²) < 4.78 is 11.4. The van der Waals surface area contributed by atoms with Crippen LogP contribution >= 0.6 is 0 Å². The summed E-state index contributed by atoms with van der Waals surface area (Å²) in [5, 5.41) is 0. The predicted octanol–water partition coefficient (Wildman–Crippen LogP) is 2.82. The van der Waals surface area contributed by atoms with Gasteiger partial charge in [0.2, 0.25) is 0 Å². The molecule has 1 aliphatic rings. The van der Waals surface area contributed by atoms with E-state index in [1.807, 2.05) is 12.1 Å². The minimum absolute atomic E-state index is 0.0547. The first-order valence-electron chi connectivity index (χ1n) is 6.57. The lowest BCUT2D eigenvalue weighted by Gasteiger charge is -2.30. The molecular formula is C15H23NO2. The number of rotatable bonds is 4. The molecule has 3 nitrogen and oxygen atoms in total. The Morgan fingerprint density at radius 3 is 2.72 bits per heavy atom. The smallest absolute Gasteiger partial charge is 0.119 e. The van der Waals surface area contributed by atoms with Crippen LogP contribution < -0.4 is 10.5 Å². The van der Waals surface area contributed by atoms with E-state index in [1.54, 1.807) is 7.11 Å². The SMILES string of the molecule is CCC(C)(C)OC1Cc2ccc(OC)cc2C1N. The van der Waals surface area contributed by atoms with Crippen LogP contribution in [0.1, 0.15) is 44.4 Å². The van der Waals surface area contributed by atoms with Gasteiger partial charge in [-0.3, -0.25) is 0 Å². The van der Waals surface area contributed by atoms with Crippen molar-refractivity contribution in [1.82, 2.24) is 0 Å². The molecule has 1 aliphatic carbocycles. The maximum atomic E-state index is 6.30. The minimum Gasteiger partial charge on any atom is -0.497 e. The summed E-state index contributed by atoms with van der Waals surface area (Å²) in [5.41, 5.74) is 8.62. The Bertz CT molecular complexity index is 429. The molecule has 0 spiro atoms. The second kappa shape index (κ2) is 4.90. The van der Waals surface area contributed by atoms with E-state index in [0.717, 1.165) is 24.2 Å². The summed E-state index contributed by atoms with van der Waals surface area (Å²) in [6.07, 6.45) is 1.95. The number of nitrogens with two attached hydrogens (primary N) is 1. The van der Waals surface area contributed by atoms with Crippen molar-refractivity contribution < 1.29 is 9.47 Å². The minimum atomic E-state index is -0.117. The first-order valence-corrected chi connectivity index (χ1v) is 6.57. The molecule has 100 valence electrons. The van der Waals surface area contributed by atoms with Crippen molar-refractivity contribution in [3.05, 3.63) is 29.3 Å². The lowest BCUT2D eigenvalue weighted by molar-refractivity contribution is -0.0783. The van der Waals surface area contributed by atoms with E-state index in [0.29, 0.717) is 0 Å². The van der Waals surface area contributed by atoms with Crippen LogP contribution in [-0.4, -0.2) is 18.8 Å². The van der Waals surface area contributed by atoms with E-state index in [-0.39, 0.29) is 17.7 Å². The van der Waals surface area contributed by atoms with Crippen LogP contribution in [0.4, 0.5) is 0 Å². The van der Waals surface area contributed by atoms with Gasteiger partial charge in [-0.1, -0.05) is 13.0 Å². The summed E-state index contributed by atoms with van der Waals surface area (Å²) >= 11 is 0. The van der Waals surface area contributed by atoms with Gasteiger partial charge in [-0.05, 0) is 43.5 Å². The summed E-state index contributed by atoms with van der Waals surface area (Å²) in [4.78, 5) is 0. The molecule has 0 bridgehead atoms. The standard InChI is InChI=1S/C15H23NO2/c1-5-15(2,3)18-13-8-10-6-7-11(17-4)9-12(10)14(13)16/h6-7,9,13-14H,5,8,16H2,1-4H3. The molecule has 0 heterocycles. The predicted molar refractivity (Wildman–Crippen MR) is 72.9 cm³/mol. The van der Waals surface area contributed by atoms with Gasteiger partial charge in [0.15, 0.2) is 0 Å². The van der Waals surface area contributed by atoms with E-state index in [2.05, 4.69) is 26.8 Å². The quantitative estimate of drug-likeness (QED) is 0.892. The largest absolute Gasteiger partial charge is 0.497 e. The third-order valence-corrected chi connectivity index (χ3v) is 3.86. The number of hydrogen-bond acceptors (Lipinski definition) is 3. The monoisotopic (exact) mass is 249 g/mol. The molecule has 2 atom stereocenters. The van der Waals surface area contributed by atoms with Gasteiger partial charge in [0.1, 0.15) is 5.75 Å². The Balaban J connectivity index is 2.17. The Morgan fingerprint density at radius 2 is 2.11 bits per heavy atom. The van der Waals surface area contributed by atoms with Gasteiger partial charge < -0.3 is 15.2 Å². The number of hydrogen-bond donors (Lipinski definition) is 1. The first kappa shape index (κ1) is 13.4. The summed E-state index contributed by atoms with van der Waals surface area (Å²) in [5.74, 6) is 0.861. The fraction of sp³-hybridized carbons (Fsp3) is 0.600. The summed E-state index contributed by atoms with van der Waals surface area (Å²) in [6, 6.07) is 6.05. The second-order valence-corrected chi connectivity index (χ2v) is 5.56. The second-order valence-electron chi connectivity index (χ2n) is 5.56. The third-order valence-electron chi connectivity index (χ3n) is 3.86. The van der Waals surface area contributed by atoms with Crippen molar-refractivity contribution in [2.75, 3.05) is 7.11 Å². The molecule has 0 aromatic heterocycles. The Labute approximate surface area is 109 Å². The highest BCUT2D eigenvalue weighted by molar-refractivity contribution is 5.42. The van der Waals surface area contributed by atoms with E-state index in [4.69, 9.17) is 15.2 Å². The highest BCUT2D eigenvalue weighted by atomic mass is 16.5. The van der Waals surface area contributed by atoms with Gasteiger partial charge in [0.05, 0.1) is 24.9 Å². The molecule has 0 aliphatic heterocycles. The van der Waals surface area contributed by atoms with Crippen LogP contribution in [0.3, 0.4) is 0 Å². The maximum absolute atomic E-state index is 6.30. The van der Waals surface area contributed by atoms with Crippen LogP contribution in [-0.2, 0) is 11.2 Å². The van der Waals surface area contributed by atoms with Crippen LogP contribution in [0.2, 0.25) is 0 Å². The molecule has 0 saturated heterocycles. The van der Waals surface area contributed by atoms with Crippen molar-refractivity contribution >= 4 is 0 Å². The highest BCUT2D eigenvalue weighted by Crippen LogP contribution is 2.36. The van der Waals surface area contributed by atoms with Crippen molar-refractivity contribution in [1.29, 1.82) is 0 Å². The zero-order valence-corrected chi connectivity index (χ0v) is 11.7. The molecule has 1 aromatic carbocycles. The zero-order chi connectivity index (χ0) is 13.3. The van der Waals surface area contributed by atoms with Crippen molar-refractivity contribution in [3.8, 4) is 5.75 Å². The van der Waals surface area contributed by atoms with Crippen molar-refractivity contribution in [2.45, 2.75) is 51.4 Å². The highest BCUT2D eigenvalue weighted by Gasteiger charge is 2.34. The average molecular weight is 249 g/mol. The topological polar surface area (TPSA) is 44.5 Å². The summed E-state index contributed by atoms with van der Waals surface area (Å²) in [7, 11) is 1.68. The summed E-state index contributed by atoms with van der Waals surface area (Å²) in [6.45, 7) is 6.36. The fourth-order valence-electron chi connectivity index (χ4n) is 2.35. The molecule has 0 saturated carbocycles. The Morgan fingerprint density at radius 1 is 1.39 bits per heavy atom. The van der Waals surface area contributed by atoms with Gasteiger partial charge in [-0.25, -0.2) is 0 Å². The Hall–Kier alpha value is -1.06. The normalized spacial score (nSPS) is 22.9. The molecule has 18 heavy (non-hydrogen) atoms. The van der Waals surface area contributed by atoms with E-state index in [1.165, 1.54) is 5.56 Å². The molecule has 2 N–H and O–H groups in total. The van der Waals surface area contributed by atoms with Gasteiger partial charge in [-0.2, -0.15) is 0 Å². The molecule has 2 rings (SSSR count). The number of ether oxygens (including phenoxy) is 2. The third kappa shape index (κ3) is 2.52. The number of methoxy groups -OCH3 is 1. The van der Waals surface area contributed by atoms with Crippen LogP contribution in [0.5, 0.6) is 5.75 Å². The lowest BCUT2D eigenvalue weighted by Crippen LogP contribution is -2.35. The van der Waals surface area contributed by atoms with Gasteiger partial charge in [0.25, 0.3) is 0 Å². The molecule has 0 fully saturated rings. The lowest BCUT2D eigenvalue weighted by atomic mass is 10.0. The van der Waals surface area contributed by atoms with Crippen LogP contribution in [0.15, 0.2) is 18.2 Å². The molecule has 0 amide bonds. The zero-order valence-electron chi connectivity index (χ0n) is 11.7. The van der Waals surface area contributed by atoms with Gasteiger partial charge in [0, 0.05) is 6.42 Å². The van der Waals surface area contributed by atoms with E-state index >= 15 is 0 Å². The molecular weight excluding hydrogens is 226 g/mol. The van der Waals surface area contributed by atoms with E-state index < -0.39 is 0 Å². The molecule has 1 aromatic rings. The molecule has 3 heteroatoms. The number of fused-ring (bicyclic) bond motifs is 1. The molecule has 0 radical (unpaired) electrons. The number of benzene rings is 1.